The van der Waals surface area contributed by atoms with E-state index in [9.17, 15) is 14.4 Å². The molecular weight excluding hydrogens is 360 g/mol. The molecule has 0 atom stereocenters. The van der Waals surface area contributed by atoms with Gasteiger partial charge in [0.2, 0.25) is 5.91 Å². The van der Waals surface area contributed by atoms with Gasteiger partial charge in [-0.05, 0) is 37.1 Å². The second kappa shape index (κ2) is 7.92. The fourth-order valence-electron chi connectivity index (χ4n) is 3.79. The Labute approximate surface area is 163 Å². The van der Waals surface area contributed by atoms with Crippen molar-refractivity contribution in [3.05, 3.63) is 48.2 Å². The zero-order valence-corrected chi connectivity index (χ0v) is 15.7. The standard InChI is InChI=1S/C20H24N4O4/c25-18(21-7-1-2-8-21)15-24-9-3-5-16(24)19(26)22-10-12-23(13-11-22)20(27)17-6-4-14-28-17/h3-6,9,14H,1-2,7-8,10-13,15H2. The number of aromatic nitrogens is 1. The minimum Gasteiger partial charge on any atom is -0.459 e. The average Bonchev–Trinajstić information content (AvgIpc) is 3.49. The zero-order chi connectivity index (χ0) is 19.5. The maximum atomic E-state index is 12.9. The lowest BCUT2D eigenvalue weighted by Crippen LogP contribution is -2.51. The summed E-state index contributed by atoms with van der Waals surface area (Å²) < 4.78 is 6.89. The monoisotopic (exact) mass is 384 g/mol. The van der Waals surface area contributed by atoms with Crippen LogP contribution in [0.15, 0.2) is 41.1 Å². The lowest BCUT2D eigenvalue weighted by molar-refractivity contribution is -0.130. The number of carbonyl (C=O) groups excluding carboxylic acids is 3. The van der Waals surface area contributed by atoms with Gasteiger partial charge in [0.25, 0.3) is 11.8 Å². The third-order valence-corrected chi connectivity index (χ3v) is 5.40. The first-order valence-corrected chi connectivity index (χ1v) is 9.68. The molecule has 4 heterocycles. The third-order valence-electron chi connectivity index (χ3n) is 5.40. The van der Waals surface area contributed by atoms with E-state index in [1.165, 1.54) is 6.26 Å². The Kier molecular flexibility index (Phi) is 5.18. The average molecular weight is 384 g/mol. The Balaban J connectivity index is 1.36. The van der Waals surface area contributed by atoms with Gasteiger partial charge in [-0.15, -0.1) is 0 Å². The Bertz CT molecular complexity index is 843. The molecule has 2 saturated heterocycles. The summed E-state index contributed by atoms with van der Waals surface area (Å²) in [5, 5.41) is 0. The number of nitrogens with zero attached hydrogens (tertiary/aromatic N) is 4. The van der Waals surface area contributed by atoms with Gasteiger partial charge in [-0.25, -0.2) is 0 Å². The van der Waals surface area contributed by atoms with E-state index in [1.54, 1.807) is 44.8 Å². The zero-order valence-electron chi connectivity index (χ0n) is 15.7. The van der Waals surface area contributed by atoms with Crippen LogP contribution in [0.3, 0.4) is 0 Å². The summed E-state index contributed by atoms with van der Waals surface area (Å²) in [6, 6.07) is 6.87. The highest BCUT2D eigenvalue weighted by molar-refractivity contribution is 5.94. The van der Waals surface area contributed by atoms with Gasteiger partial charge in [0, 0.05) is 45.5 Å². The number of rotatable bonds is 4. The van der Waals surface area contributed by atoms with Crippen molar-refractivity contribution in [3.63, 3.8) is 0 Å². The van der Waals surface area contributed by atoms with Crippen molar-refractivity contribution in [1.29, 1.82) is 0 Å². The van der Waals surface area contributed by atoms with Crippen LogP contribution in [-0.2, 0) is 11.3 Å². The molecule has 148 valence electrons. The van der Waals surface area contributed by atoms with Crippen molar-refractivity contribution in [2.75, 3.05) is 39.3 Å². The van der Waals surface area contributed by atoms with Gasteiger partial charge in [0.15, 0.2) is 5.76 Å². The van der Waals surface area contributed by atoms with E-state index in [0.29, 0.717) is 37.6 Å². The Hall–Kier alpha value is -3.03. The molecule has 0 spiro atoms. The summed E-state index contributed by atoms with van der Waals surface area (Å²) in [6.07, 6.45) is 5.34. The molecular formula is C20H24N4O4. The van der Waals surface area contributed by atoms with Crippen LogP contribution in [0, 0.1) is 0 Å². The van der Waals surface area contributed by atoms with Crippen molar-refractivity contribution in [2.45, 2.75) is 19.4 Å². The maximum Gasteiger partial charge on any atom is 0.289 e. The smallest absolute Gasteiger partial charge is 0.289 e. The number of amides is 3. The number of hydrogen-bond donors (Lipinski definition) is 0. The predicted octanol–water partition coefficient (Wildman–Crippen LogP) is 1.30. The summed E-state index contributed by atoms with van der Waals surface area (Å²) in [6.45, 7) is 3.61. The first-order chi connectivity index (χ1) is 13.6. The molecule has 0 radical (unpaired) electrons. The van der Waals surface area contributed by atoms with Gasteiger partial charge < -0.3 is 23.7 Å². The molecule has 0 bridgehead atoms. The normalized spacial score (nSPS) is 17.2. The van der Waals surface area contributed by atoms with Crippen LogP contribution in [0.4, 0.5) is 0 Å². The van der Waals surface area contributed by atoms with Crippen molar-refractivity contribution >= 4 is 17.7 Å². The SMILES string of the molecule is O=C(Cn1cccc1C(=O)N1CCN(C(=O)c2ccco2)CC1)N1CCCC1. The third kappa shape index (κ3) is 3.67. The van der Waals surface area contributed by atoms with Crippen molar-refractivity contribution < 1.29 is 18.8 Å². The highest BCUT2D eigenvalue weighted by atomic mass is 16.3. The fraction of sp³-hybridized carbons (Fsp3) is 0.450. The number of likely N-dealkylation sites (tertiary alicyclic amines) is 1. The van der Waals surface area contributed by atoms with Gasteiger partial charge in [-0.1, -0.05) is 0 Å². The number of carbonyl (C=O) groups is 3. The largest absolute Gasteiger partial charge is 0.459 e. The van der Waals surface area contributed by atoms with Gasteiger partial charge in [0.1, 0.15) is 12.2 Å². The van der Waals surface area contributed by atoms with E-state index < -0.39 is 0 Å². The first-order valence-electron chi connectivity index (χ1n) is 9.68. The van der Waals surface area contributed by atoms with E-state index in [1.807, 2.05) is 4.90 Å². The lowest BCUT2D eigenvalue weighted by Gasteiger charge is -2.34. The molecule has 0 unspecified atom stereocenters. The van der Waals surface area contributed by atoms with E-state index in [-0.39, 0.29) is 24.3 Å². The Morgan fingerprint density at radius 3 is 2.14 bits per heavy atom. The molecule has 28 heavy (non-hydrogen) atoms. The molecule has 0 aromatic carbocycles. The van der Waals surface area contributed by atoms with Crippen LogP contribution < -0.4 is 0 Å². The van der Waals surface area contributed by atoms with Gasteiger partial charge in [0.05, 0.1) is 6.26 Å². The minimum atomic E-state index is -0.156. The van der Waals surface area contributed by atoms with E-state index in [0.717, 1.165) is 25.9 Å². The molecule has 0 N–H and O–H groups in total. The first kappa shape index (κ1) is 18.3. The topological polar surface area (TPSA) is 79.0 Å². The second-order valence-electron chi connectivity index (χ2n) is 7.17. The molecule has 4 rings (SSSR count). The summed E-state index contributed by atoms with van der Waals surface area (Å²) in [5.41, 5.74) is 0.512. The quantitative estimate of drug-likeness (QED) is 0.796. The molecule has 2 fully saturated rings. The van der Waals surface area contributed by atoms with Crippen molar-refractivity contribution in [1.82, 2.24) is 19.3 Å². The highest BCUT2D eigenvalue weighted by Gasteiger charge is 2.28. The molecule has 3 amide bonds. The van der Waals surface area contributed by atoms with E-state index in [4.69, 9.17) is 4.42 Å². The predicted molar refractivity (Wildman–Crippen MR) is 101 cm³/mol. The summed E-state index contributed by atoms with van der Waals surface area (Å²) in [4.78, 5) is 43.0. The Morgan fingerprint density at radius 1 is 0.821 bits per heavy atom. The molecule has 2 aliphatic heterocycles. The van der Waals surface area contributed by atoms with Crippen LogP contribution in [0.25, 0.3) is 0 Å². The fourth-order valence-corrected chi connectivity index (χ4v) is 3.79. The minimum absolute atomic E-state index is 0.0524. The molecule has 0 saturated carbocycles. The molecule has 0 aliphatic carbocycles. The van der Waals surface area contributed by atoms with Crippen molar-refractivity contribution in [2.24, 2.45) is 0 Å². The van der Waals surface area contributed by atoms with E-state index in [2.05, 4.69) is 0 Å². The van der Waals surface area contributed by atoms with E-state index >= 15 is 0 Å². The molecule has 2 aliphatic rings. The Morgan fingerprint density at radius 2 is 1.50 bits per heavy atom. The summed E-state index contributed by atoms with van der Waals surface area (Å²) >= 11 is 0. The van der Waals surface area contributed by atoms with Crippen LogP contribution in [0.2, 0.25) is 0 Å². The van der Waals surface area contributed by atoms with Crippen LogP contribution in [0.1, 0.15) is 33.9 Å². The highest BCUT2D eigenvalue weighted by Crippen LogP contribution is 2.14. The number of piperazine rings is 1. The van der Waals surface area contributed by atoms with Crippen molar-refractivity contribution in [3.8, 4) is 0 Å². The van der Waals surface area contributed by atoms with Crippen LogP contribution in [0.5, 0.6) is 0 Å². The molecule has 2 aromatic rings. The molecule has 2 aromatic heterocycles. The number of furan rings is 1. The van der Waals surface area contributed by atoms with Gasteiger partial charge in [-0.3, -0.25) is 14.4 Å². The van der Waals surface area contributed by atoms with Gasteiger partial charge >= 0.3 is 0 Å². The summed E-state index contributed by atoms with van der Waals surface area (Å²) in [7, 11) is 0. The number of hydrogen-bond acceptors (Lipinski definition) is 4. The lowest BCUT2D eigenvalue weighted by atomic mass is 10.2. The van der Waals surface area contributed by atoms with Gasteiger partial charge in [-0.2, -0.15) is 0 Å². The van der Waals surface area contributed by atoms with Crippen LogP contribution >= 0.6 is 0 Å². The van der Waals surface area contributed by atoms with Crippen LogP contribution in [-0.4, -0.2) is 76.3 Å². The molecule has 8 heteroatoms. The maximum absolute atomic E-state index is 12.9. The molecule has 8 nitrogen and oxygen atoms in total. The second-order valence-corrected chi connectivity index (χ2v) is 7.17. The summed E-state index contributed by atoms with van der Waals surface area (Å²) in [5.74, 6) is 0.103.